The molecule has 2 aliphatic rings. The van der Waals surface area contributed by atoms with Crippen molar-refractivity contribution < 1.29 is 14.3 Å². The van der Waals surface area contributed by atoms with E-state index in [1.165, 1.54) is 0 Å². The summed E-state index contributed by atoms with van der Waals surface area (Å²) in [4.78, 5) is 12.4. The van der Waals surface area contributed by atoms with E-state index in [-0.39, 0.29) is 11.9 Å². The van der Waals surface area contributed by atoms with Gasteiger partial charge in [0.05, 0.1) is 18.1 Å². The first-order valence-electron chi connectivity index (χ1n) is 6.69. The van der Waals surface area contributed by atoms with E-state index in [2.05, 4.69) is 0 Å². The van der Waals surface area contributed by atoms with Gasteiger partial charge in [0.25, 0.3) is 0 Å². The summed E-state index contributed by atoms with van der Waals surface area (Å²) in [6, 6.07) is 5.24. The number of halogens is 1. The van der Waals surface area contributed by atoms with E-state index in [0.29, 0.717) is 22.8 Å². The highest BCUT2D eigenvalue weighted by Gasteiger charge is 2.48. The summed E-state index contributed by atoms with van der Waals surface area (Å²) >= 11 is 5.94. The molecular formula is C15H17ClO3. The van der Waals surface area contributed by atoms with E-state index in [1.807, 2.05) is 0 Å². The molecule has 0 N–H and O–H groups in total. The molecule has 4 heteroatoms. The second-order valence-electron chi connectivity index (χ2n) is 5.38. The van der Waals surface area contributed by atoms with Crippen molar-refractivity contribution in [3.63, 3.8) is 0 Å². The molecule has 1 aliphatic carbocycles. The highest BCUT2D eigenvalue weighted by Crippen LogP contribution is 2.43. The van der Waals surface area contributed by atoms with Crippen molar-refractivity contribution in [1.29, 1.82) is 0 Å². The van der Waals surface area contributed by atoms with Crippen LogP contribution >= 0.6 is 11.6 Å². The number of ketones is 1. The van der Waals surface area contributed by atoms with Gasteiger partial charge < -0.3 is 9.47 Å². The molecule has 3 rings (SSSR count). The Hall–Kier alpha value is -1.06. The van der Waals surface area contributed by atoms with Crippen LogP contribution in [-0.4, -0.2) is 24.6 Å². The van der Waals surface area contributed by atoms with Crippen molar-refractivity contribution in [3.8, 4) is 5.75 Å². The van der Waals surface area contributed by atoms with Gasteiger partial charge in [-0.2, -0.15) is 0 Å². The number of hydrogen-bond acceptors (Lipinski definition) is 3. The van der Waals surface area contributed by atoms with Gasteiger partial charge in [-0.05, 0) is 37.5 Å². The molecule has 1 heterocycles. The molecule has 102 valence electrons. The van der Waals surface area contributed by atoms with E-state index in [0.717, 1.165) is 25.7 Å². The Balaban J connectivity index is 1.99. The van der Waals surface area contributed by atoms with Crippen molar-refractivity contribution in [3.05, 3.63) is 28.8 Å². The number of ether oxygens (including phenoxy) is 2. The van der Waals surface area contributed by atoms with Crippen LogP contribution in [0.1, 0.15) is 42.5 Å². The van der Waals surface area contributed by atoms with Crippen LogP contribution in [0.5, 0.6) is 5.75 Å². The third kappa shape index (κ3) is 2.15. The predicted octanol–water partition coefficient (Wildman–Crippen LogP) is 3.63. The smallest absolute Gasteiger partial charge is 0.170 e. The number of rotatable bonds is 1. The van der Waals surface area contributed by atoms with Gasteiger partial charge in [0.2, 0.25) is 0 Å². The molecule has 0 aromatic heterocycles. The second kappa shape index (κ2) is 4.80. The fraction of sp³-hybridized carbons (Fsp3) is 0.533. The maximum absolute atomic E-state index is 12.4. The van der Waals surface area contributed by atoms with Crippen molar-refractivity contribution in [1.82, 2.24) is 0 Å². The lowest BCUT2D eigenvalue weighted by atomic mass is 9.76. The van der Waals surface area contributed by atoms with Crippen LogP contribution in [0.15, 0.2) is 18.2 Å². The predicted molar refractivity (Wildman–Crippen MR) is 73.0 cm³/mol. The molecule has 0 bridgehead atoms. The van der Waals surface area contributed by atoms with Gasteiger partial charge in [-0.1, -0.05) is 18.0 Å². The molecule has 1 fully saturated rings. The normalized spacial score (nSPS) is 30.0. The summed E-state index contributed by atoms with van der Waals surface area (Å²) in [5.74, 6) is 0.748. The molecule has 1 saturated carbocycles. The Bertz CT molecular complexity index is 514. The minimum atomic E-state index is -0.481. The molecule has 2 atom stereocenters. The molecule has 0 radical (unpaired) electrons. The largest absolute Gasteiger partial charge is 0.483 e. The Kier molecular flexibility index (Phi) is 3.27. The van der Waals surface area contributed by atoms with Crippen LogP contribution in [0.3, 0.4) is 0 Å². The average molecular weight is 281 g/mol. The first kappa shape index (κ1) is 12.9. The van der Waals surface area contributed by atoms with Gasteiger partial charge in [-0.3, -0.25) is 4.79 Å². The molecule has 1 spiro atoms. The fourth-order valence-electron chi connectivity index (χ4n) is 3.26. The number of carbonyl (C=O) groups is 1. The lowest BCUT2D eigenvalue weighted by Gasteiger charge is -2.45. The third-order valence-electron chi connectivity index (χ3n) is 4.20. The molecule has 3 nitrogen and oxygen atoms in total. The Morgan fingerprint density at radius 3 is 3.05 bits per heavy atom. The maximum atomic E-state index is 12.4. The Morgan fingerprint density at radius 1 is 1.42 bits per heavy atom. The summed E-state index contributed by atoms with van der Waals surface area (Å²) in [5, 5.41) is 0.568. The van der Waals surface area contributed by atoms with Gasteiger partial charge in [0.15, 0.2) is 5.78 Å². The molecule has 1 aromatic rings. The van der Waals surface area contributed by atoms with Gasteiger partial charge in [-0.25, -0.2) is 0 Å². The summed E-state index contributed by atoms with van der Waals surface area (Å²) in [6.07, 6.45) is 4.42. The van der Waals surface area contributed by atoms with Crippen molar-refractivity contribution >= 4 is 17.4 Å². The van der Waals surface area contributed by atoms with Gasteiger partial charge in [-0.15, -0.1) is 0 Å². The van der Waals surface area contributed by atoms with Crippen molar-refractivity contribution in [2.75, 3.05) is 7.11 Å². The van der Waals surface area contributed by atoms with Crippen LogP contribution in [0, 0.1) is 0 Å². The number of hydrogen-bond donors (Lipinski definition) is 0. The number of benzene rings is 1. The zero-order valence-corrected chi connectivity index (χ0v) is 11.7. The average Bonchev–Trinajstić information content (AvgIpc) is 2.40. The summed E-state index contributed by atoms with van der Waals surface area (Å²) in [6.45, 7) is 0. The van der Waals surface area contributed by atoms with E-state index in [4.69, 9.17) is 21.1 Å². The van der Waals surface area contributed by atoms with Crippen LogP contribution in [0.2, 0.25) is 5.02 Å². The number of Topliss-reactive ketones (excluding diaryl/α,β-unsaturated/α-hetero) is 1. The van der Waals surface area contributed by atoms with Crippen LogP contribution < -0.4 is 4.74 Å². The van der Waals surface area contributed by atoms with E-state index < -0.39 is 5.60 Å². The zero-order valence-electron chi connectivity index (χ0n) is 10.9. The van der Waals surface area contributed by atoms with Gasteiger partial charge >= 0.3 is 0 Å². The first-order chi connectivity index (χ1) is 9.14. The lowest BCUT2D eigenvalue weighted by molar-refractivity contribution is -0.102. The molecule has 1 aromatic carbocycles. The first-order valence-corrected chi connectivity index (χ1v) is 7.07. The van der Waals surface area contributed by atoms with E-state index in [9.17, 15) is 4.79 Å². The van der Waals surface area contributed by atoms with Crippen LogP contribution in [0.4, 0.5) is 0 Å². The molecule has 1 aliphatic heterocycles. The minimum absolute atomic E-state index is 0.00553. The second-order valence-corrected chi connectivity index (χ2v) is 5.81. The maximum Gasteiger partial charge on any atom is 0.170 e. The van der Waals surface area contributed by atoms with E-state index in [1.54, 1.807) is 25.3 Å². The fourth-order valence-corrected chi connectivity index (χ4v) is 3.43. The highest BCUT2D eigenvalue weighted by atomic mass is 35.5. The summed E-state index contributed by atoms with van der Waals surface area (Å²) in [5.41, 5.74) is 0.115. The molecule has 0 saturated heterocycles. The number of fused-ring (bicyclic) bond motifs is 1. The minimum Gasteiger partial charge on any atom is -0.483 e. The molecule has 0 amide bonds. The lowest BCUT2D eigenvalue weighted by Crippen LogP contribution is -2.54. The standard InChI is InChI=1S/C15H17ClO3/c1-18-14-4-2-3-7-15(14)9-12(17)11-8-10(16)5-6-13(11)19-15/h5-6,8,14H,2-4,7,9H2,1H3. The summed E-state index contributed by atoms with van der Waals surface area (Å²) < 4.78 is 11.8. The van der Waals surface area contributed by atoms with E-state index >= 15 is 0 Å². The molecular weight excluding hydrogens is 264 g/mol. The van der Waals surface area contributed by atoms with Crippen molar-refractivity contribution in [2.24, 2.45) is 0 Å². The van der Waals surface area contributed by atoms with Crippen LogP contribution in [0.25, 0.3) is 0 Å². The Labute approximate surface area is 117 Å². The van der Waals surface area contributed by atoms with Crippen LogP contribution in [-0.2, 0) is 4.74 Å². The van der Waals surface area contributed by atoms with Gasteiger partial charge in [0.1, 0.15) is 11.4 Å². The molecule has 2 unspecified atom stereocenters. The third-order valence-corrected chi connectivity index (χ3v) is 4.44. The van der Waals surface area contributed by atoms with Crippen molar-refractivity contribution in [2.45, 2.75) is 43.8 Å². The number of carbonyl (C=O) groups excluding carboxylic acids is 1. The SMILES string of the molecule is COC1CCCCC12CC(=O)c1cc(Cl)ccc1O2. The topological polar surface area (TPSA) is 35.5 Å². The van der Waals surface area contributed by atoms with Gasteiger partial charge in [0, 0.05) is 12.1 Å². The quantitative estimate of drug-likeness (QED) is 0.788. The monoisotopic (exact) mass is 280 g/mol. The summed E-state index contributed by atoms with van der Waals surface area (Å²) in [7, 11) is 1.70. The molecule has 19 heavy (non-hydrogen) atoms. The Morgan fingerprint density at radius 2 is 2.26 bits per heavy atom. The highest BCUT2D eigenvalue weighted by molar-refractivity contribution is 6.31. The number of methoxy groups -OCH3 is 1. The zero-order chi connectivity index (χ0) is 13.5.